The Morgan fingerprint density at radius 3 is 2.39 bits per heavy atom. The van der Waals surface area contributed by atoms with E-state index in [1.807, 2.05) is 0 Å². The number of benzene rings is 2. The van der Waals surface area contributed by atoms with Crippen molar-refractivity contribution in [2.24, 2.45) is 0 Å². The summed E-state index contributed by atoms with van der Waals surface area (Å²) in [6, 6.07) is 17.7. The Morgan fingerprint density at radius 1 is 1.03 bits per heavy atom. The van der Waals surface area contributed by atoms with Crippen LogP contribution in [0.1, 0.15) is 42.0 Å². The summed E-state index contributed by atoms with van der Waals surface area (Å²) in [7, 11) is -1.80. The first-order chi connectivity index (χ1) is 13.9. The Labute approximate surface area is 211 Å². The largest absolute Gasteiger partial charge is 1.00 e. The van der Waals surface area contributed by atoms with Crippen LogP contribution in [-0.4, -0.2) is 18.6 Å². The molecule has 0 radical (unpaired) electrons. The quantitative estimate of drug-likeness (QED) is 0.477. The van der Waals surface area contributed by atoms with Gasteiger partial charge in [0.2, 0.25) is 0 Å². The summed E-state index contributed by atoms with van der Waals surface area (Å²) in [5.41, 5.74) is 5.38. The predicted octanol–water partition coefficient (Wildman–Crippen LogP) is 0.175. The smallest absolute Gasteiger partial charge is 1.00 e. The van der Waals surface area contributed by atoms with Gasteiger partial charge in [-0.25, -0.2) is 0 Å². The first-order valence-corrected chi connectivity index (χ1v) is 16.5. The van der Waals surface area contributed by atoms with E-state index in [0.29, 0.717) is 6.61 Å². The second kappa shape index (κ2) is 10.3. The van der Waals surface area contributed by atoms with Crippen LogP contribution in [0.15, 0.2) is 60.4 Å². The van der Waals surface area contributed by atoms with Crippen LogP contribution >= 0.6 is 0 Å². The average Bonchev–Trinajstić information content (AvgIpc) is 3.19. The number of ether oxygens (including phenoxy) is 1. The number of hydrogen-bond donors (Lipinski definition) is 0. The molecule has 0 fully saturated rings. The first kappa shape index (κ1) is 26.3. The standard InChI is InChI=1S/C23H25O2Si.C2H4.2ClH.Zr/c1-5-24-23-21(19-15-14-16-10-6-7-11-17(16)19)18-12-8-9-13-20(18)22(23)25-26(2,3)4;1-2;;;/h6-15,21H,5H2,1-4H3;1H,2H3;2*1H;/q;;;;+2/p-2. The molecule has 6 heteroatoms. The van der Waals surface area contributed by atoms with E-state index in [0.717, 1.165) is 11.5 Å². The molecule has 2 atom stereocenters. The van der Waals surface area contributed by atoms with E-state index in [-0.39, 0.29) is 33.9 Å². The molecule has 2 nitrogen and oxygen atoms in total. The SMILES string of the molecule is C[CH]=[Zr+2][C]1(C2C(OCC)=C(O[Si](C)(C)C)c3ccccc32)C=Cc2ccccc21.[Cl-].[Cl-]. The summed E-state index contributed by atoms with van der Waals surface area (Å²) < 4.78 is 15.6. The minimum atomic E-state index is -1.80. The summed E-state index contributed by atoms with van der Waals surface area (Å²) in [5, 5.41) is 0. The molecule has 0 aliphatic heterocycles. The molecule has 0 aromatic heterocycles. The third kappa shape index (κ3) is 4.74. The molecule has 0 amide bonds. The molecule has 4 rings (SSSR count). The van der Waals surface area contributed by atoms with E-state index in [1.165, 1.54) is 22.3 Å². The number of hydrogen-bond acceptors (Lipinski definition) is 2. The van der Waals surface area contributed by atoms with Crippen LogP contribution in [0.3, 0.4) is 0 Å². The van der Waals surface area contributed by atoms with Crippen molar-refractivity contribution < 1.29 is 56.7 Å². The Bertz CT molecular complexity index is 1030. The molecule has 31 heavy (non-hydrogen) atoms. The van der Waals surface area contributed by atoms with E-state index >= 15 is 0 Å². The molecule has 2 unspecified atom stereocenters. The third-order valence-corrected chi connectivity index (χ3v) is 9.96. The van der Waals surface area contributed by atoms with Crippen molar-refractivity contribution in [3.8, 4) is 0 Å². The normalized spacial score (nSPS) is 21.1. The molecule has 163 valence electrons. The van der Waals surface area contributed by atoms with E-state index in [4.69, 9.17) is 9.16 Å². The molecule has 0 saturated carbocycles. The molecule has 0 heterocycles. The van der Waals surface area contributed by atoms with Crippen LogP contribution in [-0.2, 0) is 35.0 Å². The second-order valence-corrected chi connectivity index (χ2v) is 17.2. The number of rotatable bonds is 6. The van der Waals surface area contributed by atoms with Crippen molar-refractivity contribution in [1.82, 2.24) is 0 Å². The second-order valence-electron chi connectivity index (χ2n) is 8.58. The van der Waals surface area contributed by atoms with Crippen LogP contribution in [0.25, 0.3) is 11.8 Å². The Hall–Kier alpha value is -0.930. The van der Waals surface area contributed by atoms with Gasteiger partial charge in [0.05, 0.1) is 0 Å². The molecule has 2 aliphatic rings. The monoisotopic (exact) mass is 549 g/mol. The molecule has 0 bridgehead atoms. The van der Waals surface area contributed by atoms with Crippen LogP contribution in [0.2, 0.25) is 19.6 Å². The van der Waals surface area contributed by atoms with Gasteiger partial charge in [-0.1, -0.05) is 0 Å². The van der Waals surface area contributed by atoms with Gasteiger partial charge in [0.1, 0.15) is 0 Å². The number of halogens is 2. The zero-order chi connectivity index (χ0) is 20.6. The molecule has 2 aromatic carbocycles. The van der Waals surface area contributed by atoms with Gasteiger partial charge in [-0.05, 0) is 0 Å². The minimum Gasteiger partial charge on any atom is -1.00 e. The minimum absolute atomic E-state index is 0. The third-order valence-electron chi connectivity index (χ3n) is 5.48. The van der Waals surface area contributed by atoms with Gasteiger partial charge in [0.15, 0.2) is 0 Å². The summed E-state index contributed by atoms with van der Waals surface area (Å²) in [6.07, 6.45) is 4.80. The van der Waals surface area contributed by atoms with Gasteiger partial charge in [-0.3, -0.25) is 0 Å². The van der Waals surface area contributed by atoms with Crippen LogP contribution in [0.4, 0.5) is 0 Å². The van der Waals surface area contributed by atoms with Gasteiger partial charge in [0, 0.05) is 0 Å². The van der Waals surface area contributed by atoms with Crippen LogP contribution < -0.4 is 24.8 Å². The molecule has 0 saturated heterocycles. The molecule has 2 aliphatic carbocycles. The van der Waals surface area contributed by atoms with E-state index in [9.17, 15) is 0 Å². The number of fused-ring (bicyclic) bond motifs is 2. The maximum atomic E-state index is 6.67. The van der Waals surface area contributed by atoms with Gasteiger partial charge in [0.25, 0.3) is 0 Å². The molecular formula is C25H29Cl2O2SiZr. The van der Waals surface area contributed by atoms with Gasteiger partial charge in [-0.15, -0.1) is 0 Å². The van der Waals surface area contributed by atoms with E-state index in [1.54, 1.807) is 0 Å². The van der Waals surface area contributed by atoms with Crippen molar-refractivity contribution >= 4 is 23.9 Å². The van der Waals surface area contributed by atoms with Gasteiger partial charge < -0.3 is 24.8 Å². The van der Waals surface area contributed by atoms with Crippen molar-refractivity contribution in [3.05, 3.63) is 82.6 Å². The molecular weight excluding hydrogens is 522 g/mol. The summed E-state index contributed by atoms with van der Waals surface area (Å²) >= 11 is -0.911. The zero-order valence-corrected chi connectivity index (χ0v) is 23.7. The number of allylic oxidation sites excluding steroid dienone is 2. The maximum absolute atomic E-state index is 6.67. The van der Waals surface area contributed by atoms with Crippen LogP contribution in [0.5, 0.6) is 0 Å². The van der Waals surface area contributed by atoms with E-state index < -0.39 is 31.1 Å². The zero-order valence-electron chi connectivity index (χ0n) is 18.7. The fourth-order valence-corrected chi connectivity index (χ4v) is 9.05. The topological polar surface area (TPSA) is 18.5 Å². The Balaban J connectivity index is 0.00000171. The molecule has 2 aromatic rings. The molecule has 0 spiro atoms. The molecule has 0 N–H and O–H groups in total. The summed E-state index contributed by atoms with van der Waals surface area (Å²) in [6.45, 7) is 11.7. The van der Waals surface area contributed by atoms with Crippen LogP contribution in [0, 0.1) is 0 Å². The average molecular weight is 552 g/mol. The fourth-order valence-electron chi connectivity index (χ4n) is 4.56. The summed E-state index contributed by atoms with van der Waals surface area (Å²) in [5.74, 6) is 2.21. The van der Waals surface area contributed by atoms with E-state index in [2.05, 4.69) is 97.9 Å². The maximum Gasteiger partial charge on any atom is -1.00 e. The van der Waals surface area contributed by atoms with Crippen molar-refractivity contribution in [2.75, 3.05) is 6.61 Å². The van der Waals surface area contributed by atoms with Crippen molar-refractivity contribution in [2.45, 2.75) is 42.5 Å². The first-order valence-electron chi connectivity index (χ1n) is 10.4. The van der Waals surface area contributed by atoms with Crippen molar-refractivity contribution in [3.63, 3.8) is 0 Å². The van der Waals surface area contributed by atoms with Crippen molar-refractivity contribution in [1.29, 1.82) is 0 Å². The Morgan fingerprint density at radius 2 is 1.71 bits per heavy atom. The van der Waals surface area contributed by atoms with Gasteiger partial charge in [-0.2, -0.15) is 0 Å². The summed E-state index contributed by atoms with van der Waals surface area (Å²) in [4.78, 5) is 0. The predicted molar refractivity (Wildman–Crippen MR) is 121 cm³/mol. The Kier molecular flexibility index (Phi) is 8.78. The fraction of sp³-hybridized carbons (Fsp3) is 0.320. The van der Waals surface area contributed by atoms with Gasteiger partial charge >= 0.3 is 188 Å².